The molecule has 0 saturated heterocycles. The molecule has 0 aliphatic carbocycles. The minimum atomic E-state index is -0.0331. The predicted molar refractivity (Wildman–Crippen MR) is 80.4 cm³/mol. The van der Waals surface area contributed by atoms with Crippen LogP contribution in [0.3, 0.4) is 0 Å². The fraction of sp³-hybridized carbons (Fsp3) is 0.462. The molecule has 1 N–H and O–H groups in total. The summed E-state index contributed by atoms with van der Waals surface area (Å²) >= 11 is 6.66. The Kier molecular flexibility index (Phi) is 7.54. The van der Waals surface area contributed by atoms with E-state index in [1.807, 2.05) is 25.1 Å². The molecular formula is C13H17Br2NO2. The topological polar surface area (TPSA) is 38.3 Å². The lowest BCUT2D eigenvalue weighted by molar-refractivity contribution is 0.0944. The van der Waals surface area contributed by atoms with Gasteiger partial charge in [0.05, 0.1) is 6.61 Å². The Hall–Kier alpha value is -0.390. The second-order valence-corrected chi connectivity index (χ2v) is 5.58. The normalized spacial score (nSPS) is 10.4. The molecule has 1 amide bonds. The Labute approximate surface area is 125 Å². The van der Waals surface area contributed by atoms with E-state index < -0.39 is 0 Å². The quantitative estimate of drug-likeness (QED) is 0.584. The van der Waals surface area contributed by atoms with Crippen LogP contribution in [0.15, 0.2) is 22.7 Å². The van der Waals surface area contributed by atoms with Crippen LogP contribution >= 0.6 is 31.9 Å². The molecule has 1 rings (SSSR count). The van der Waals surface area contributed by atoms with Gasteiger partial charge in [-0.15, -0.1) is 0 Å². The van der Waals surface area contributed by atoms with Gasteiger partial charge < -0.3 is 10.1 Å². The molecule has 0 atom stereocenters. The third kappa shape index (κ3) is 5.50. The van der Waals surface area contributed by atoms with E-state index in [4.69, 9.17) is 4.74 Å². The fourth-order valence-corrected chi connectivity index (χ4v) is 2.06. The molecule has 0 saturated carbocycles. The summed E-state index contributed by atoms with van der Waals surface area (Å²) in [6, 6.07) is 5.70. The van der Waals surface area contributed by atoms with Crippen molar-refractivity contribution < 1.29 is 9.53 Å². The monoisotopic (exact) mass is 377 g/mol. The lowest BCUT2D eigenvalue weighted by atomic mass is 10.1. The van der Waals surface area contributed by atoms with Crippen molar-refractivity contribution in [2.75, 3.05) is 25.1 Å². The summed E-state index contributed by atoms with van der Waals surface area (Å²) in [5.41, 5.74) is 1.69. The van der Waals surface area contributed by atoms with E-state index in [2.05, 4.69) is 37.2 Å². The second-order valence-electron chi connectivity index (χ2n) is 3.87. The van der Waals surface area contributed by atoms with Gasteiger partial charge in [0.15, 0.2) is 0 Å². The number of halogens is 2. The molecule has 5 heteroatoms. The Morgan fingerprint density at radius 2 is 2.17 bits per heavy atom. The van der Waals surface area contributed by atoms with Crippen molar-refractivity contribution in [2.24, 2.45) is 0 Å². The Morgan fingerprint density at radius 3 is 2.89 bits per heavy atom. The second kappa shape index (κ2) is 8.67. The molecule has 0 aliphatic rings. The molecule has 0 spiro atoms. The summed E-state index contributed by atoms with van der Waals surface area (Å²) in [6.07, 6.45) is 0.825. The lowest BCUT2D eigenvalue weighted by Gasteiger charge is -2.08. The number of alkyl halides is 1. The Morgan fingerprint density at radius 1 is 1.39 bits per heavy atom. The zero-order chi connectivity index (χ0) is 13.4. The molecule has 18 heavy (non-hydrogen) atoms. The van der Waals surface area contributed by atoms with Crippen molar-refractivity contribution in [2.45, 2.75) is 13.3 Å². The van der Waals surface area contributed by atoms with E-state index in [0.717, 1.165) is 21.8 Å². The number of carbonyl (C=O) groups excluding carboxylic acids is 1. The number of carbonyl (C=O) groups is 1. The van der Waals surface area contributed by atoms with Gasteiger partial charge in [-0.25, -0.2) is 0 Å². The molecule has 0 unspecified atom stereocenters. The van der Waals surface area contributed by atoms with Gasteiger partial charge in [0.25, 0.3) is 5.91 Å². The van der Waals surface area contributed by atoms with Crippen molar-refractivity contribution in [3.05, 3.63) is 33.8 Å². The molecular weight excluding hydrogens is 362 g/mol. The first-order valence-electron chi connectivity index (χ1n) is 5.83. The van der Waals surface area contributed by atoms with Crippen LogP contribution in [0.25, 0.3) is 0 Å². The number of aryl methyl sites for hydroxylation is 1. The maximum absolute atomic E-state index is 11.9. The molecule has 0 heterocycles. The molecule has 100 valence electrons. The van der Waals surface area contributed by atoms with E-state index in [1.54, 1.807) is 0 Å². The standard InChI is InChI=1S/C13H17Br2NO2/c1-10-3-4-11(15)9-12(10)13(17)16-6-2-7-18-8-5-14/h3-4,9H,2,5-8H2,1H3,(H,16,17). The lowest BCUT2D eigenvalue weighted by Crippen LogP contribution is -2.26. The Bertz CT molecular complexity index is 397. The highest BCUT2D eigenvalue weighted by Crippen LogP contribution is 2.15. The summed E-state index contributed by atoms with van der Waals surface area (Å²) in [6.45, 7) is 3.94. The molecule has 1 aromatic rings. The highest BCUT2D eigenvalue weighted by molar-refractivity contribution is 9.10. The zero-order valence-electron chi connectivity index (χ0n) is 10.3. The maximum Gasteiger partial charge on any atom is 0.251 e. The van der Waals surface area contributed by atoms with E-state index >= 15 is 0 Å². The van der Waals surface area contributed by atoms with Crippen molar-refractivity contribution in [1.82, 2.24) is 5.32 Å². The first-order chi connectivity index (χ1) is 8.65. The summed E-state index contributed by atoms with van der Waals surface area (Å²) in [7, 11) is 0. The summed E-state index contributed by atoms with van der Waals surface area (Å²) in [4.78, 5) is 11.9. The zero-order valence-corrected chi connectivity index (χ0v) is 13.5. The van der Waals surface area contributed by atoms with E-state index in [9.17, 15) is 4.79 Å². The third-order valence-corrected chi connectivity index (χ3v) is 3.23. The highest BCUT2D eigenvalue weighted by atomic mass is 79.9. The number of ether oxygens (including phenoxy) is 1. The number of nitrogens with one attached hydrogen (secondary N) is 1. The highest BCUT2D eigenvalue weighted by Gasteiger charge is 2.08. The largest absolute Gasteiger partial charge is 0.381 e. The van der Waals surface area contributed by atoms with Gasteiger partial charge in [0, 0.05) is 28.5 Å². The van der Waals surface area contributed by atoms with Gasteiger partial charge in [-0.3, -0.25) is 4.79 Å². The number of amides is 1. The number of hydrogen-bond donors (Lipinski definition) is 1. The average Bonchev–Trinajstić information content (AvgIpc) is 2.36. The first kappa shape index (κ1) is 15.7. The molecule has 1 aromatic carbocycles. The minimum Gasteiger partial charge on any atom is -0.381 e. The number of hydrogen-bond acceptors (Lipinski definition) is 2. The molecule has 0 bridgehead atoms. The van der Waals surface area contributed by atoms with Crippen LogP contribution in [0.1, 0.15) is 22.3 Å². The van der Waals surface area contributed by atoms with Crippen LogP contribution in [0, 0.1) is 6.92 Å². The van der Waals surface area contributed by atoms with E-state index in [-0.39, 0.29) is 5.91 Å². The molecule has 0 radical (unpaired) electrons. The van der Waals surface area contributed by atoms with Gasteiger partial charge in [0.1, 0.15) is 0 Å². The summed E-state index contributed by atoms with van der Waals surface area (Å²) in [5, 5.41) is 3.74. The number of benzene rings is 1. The summed E-state index contributed by atoms with van der Waals surface area (Å²) in [5.74, 6) is -0.0331. The predicted octanol–water partition coefficient (Wildman–Crippen LogP) is 3.29. The van der Waals surface area contributed by atoms with Gasteiger partial charge in [0.2, 0.25) is 0 Å². The SMILES string of the molecule is Cc1ccc(Br)cc1C(=O)NCCCOCCBr. The molecule has 0 aromatic heterocycles. The smallest absolute Gasteiger partial charge is 0.251 e. The van der Waals surface area contributed by atoms with Crippen LogP contribution in [-0.4, -0.2) is 31.0 Å². The molecule has 0 aliphatic heterocycles. The van der Waals surface area contributed by atoms with Crippen molar-refractivity contribution in [1.29, 1.82) is 0 Å². The molecule has 0 fully saturated rings. The van der Waals surface area contributed by atoms with Crippen molar-refractivity contribution in [3.8, 4) is 0 Å². The van der Waals surface area contributed by atoms with Crippen LogP contribution in [0.5, 0.6) is 0 Å². The van der Waals surface area contributed by atoms with Crippen molar-refractivity contribution >= 4 is 37.8 Å². The van der Waals surface area contributed by atoms with Crippen LogP contribution in [0.4, 0.5) is 0 Å². The third-order valence-electron chi connectivity index (χ3n) is 2.42. The van der Waals surface area contributed by atoms with E-state index in [1.165, 1.54) is 0 Å². The summed E-state index contributed by atoms with van der Waals surface area (Å²) < 4.78 is 6.22. The van der Waals surface area contributed by atoms with Crippen molar-refractivity contribution in [3.63, 3.8) is 0 Å². The minimum absolute atomic E-state index is 0.0331. The number of rotatable bonds is 7. The van der Waals surface area contributed by atoms with Crippen LogP contribution < -0.4 is 5.32 Å². The molecule has 3 nitrogen and oxygen atoms in total. The van der Waals surface area contributed by atoms with Gasteiger partial charge in [-0.2, -0.15) is 0 Å². The van der Waals surface area contributed by atoms with Crippen LogP contribution in [0.2, 0.25) is 0 Å². The van der Waals surface area contributed by atoms with Gasteiger partial charge >= 0.3 is 0 Å². The fourth-order valence-electron chi connectivity index (χ4n) is 1.47. The van der Waals surface area contributed by atoms with Gasteiger partial charge in [-0.05, 0) is 31.0 Å². The van der Waals surface area contributed by atoms with E-state index in [0.29, 0.717) is 25.3 Å². The Balaban J connectivity index is 2.34. The van der Waals surface area contributed by atoms with Gasteiger partial charge in [-0.1, -0.05) is 37.9 Å². The first-order valence-corrected chi connectivity index (χ1v) is 7.74. The van der Waals surface area contributed by atoms with Crippen LogP contribution in [-0.2, 0) is 4.74 Å². The average molecular weight is 379 g/mol. The maximum atomic E-state index is 11.9.